The maximum absolute atomic E-state index is 13.0. The van der Waals surface area contributed by atoms with Gasteiger partial charge in [-0.1, -0.05) is 0 Å². The second-order valence-electron chi connectivity index (χ2n) is 8.15. The first-order valence-electron chi connectivity index (χ1n) is 9.08. The van der Waals surface area contributed by atoms with Crippen molar-refractivity contribution in [2.75, 3.05) is 0 Å². The van der Waals surface area contributed by atoms with Gasteiger partial charge >= 0.3 is 0 Å². The number of aryl methyl sites for hydroxylation is 1. The summed E-state index contributed by atoms with van der Waals surface area (Å²) in [5, 5.41) is 22.5. The van der Waals surface area contributed by atoms with Gasteiger partial charge in [-0.2, -0.15) is 10.2 Å². The Hall–Kier alpha value is -2.15. The topological polar surface area (TPSA) is 85.0 Å². The number of amides is 1. The number of aromatic nitrogens is 4. The van der Waals surface area contributed by atoms with Crippen LogP contribution in [0.25, 0.3) is 5.82 Å². The van der Waals surface area contributed by atoms with E-state index < -0.39 is 5.60 Å². The molecule has 0 spiro atoms. The summed E-state index contributed by atoms with van der Waals surface area (Å²) in [6.07, 6.45) is 9.96. The minimum Gasteiger partial charge on any atom is -0.390 e. The van der Waals surface area contributed by atoms with Crippen molar-refractivity contribution < 1.29 is 9.90 Å². The molecule has 0 radical (unpaired) electrons. The smallest absolute Gasteiger partial charge is 0.256 e. The molecule has 4 bridgehead atoms. The van der Waals surface area contributed by atoms with Crippen molar-refractivity contribution in [2.24, 2.45) is 24.8 Å². The second-order valence-corrected chi connectivity index (χ2v) is 8.15. The van der Waals surface area contributed by atoms with Gasteiger partial charge in [0.25, 0.3) is 5.91 Å². The van der Waals surface area contributed by atoms with Gasteiger partial charge in [0.1, 0.15) is 5.56 Å². The van der Waals surface area contributed by atoms with E-state index in [1.165, 1.54) is 0 Å². The lowest BCUT2D eigenvalue weighted by Gasteiger charge is -2.58. The Labute approximate surface area is 146 Å². The Bertz CT molecular complexity index is 796. The summed E-state index contributed by atoms with van der Waals surface area (Å²) in [6, 6.07) is 1.99. The van der Waals surface area contributed by atoms with Crippen LogP contribution in [-0.2, 0) is 7.05 Å². The summed E-state index contributed by atoms with van der Waals surface area (Å²) < 4.78 is 3.34. The second kappa shape index (κ2) is 5.17. The van der Waals surface area contributed by atoms with Crippen molar-refractivity contribution in [3.63, 3.8) is 0 Å². The van der Waals surface area contributed by atoms with Gasteiger partial charge < -0.3 is 10.4 Å². The van der Waals surface area contributed by atoms with E-state index in [1.807, 2.05) is 19.3 Å². The van der Waals surface area contributed by atoms with Crippen LogP contribution in [0, 0.1) is 17.8 Å². The highest BCUT2D eigenvalue weighted by atomic mass is 16.3. The summed E-state index contributed by atoms with van der Waals surface area (Å²) >= 11 is 0. The number of nitrogens with zero attached hydrogens (tertiary/aromatic N) is 4. The molecular formula is C18H23N5O2. The monoisotopic (exact) mass is 341 g/mol. The molecule has 4 saturated carbocycles. The standard InChI is InChI=1S/C18H23N5O2/c1-22-17(23-4-2-3-19-23)14(10-20-22)16(24)21-15-12-5-11-6-13(15)9-18(25,7-11)8-12/h2-4,10-13,15,25H,5-9H2,1H3,(H,21,24)/t11?,12-,13+,15?,18?. The highest BCUT2D eigenvalue weighted by molar-refractivity contribution is 5.97. The maximum Gasteiger partial charge on any atom is 0.256 e. The third-order valence-corrected chi connectivity index (χ3v) is 6.41. The first-order valence-corrected chi connectivity index (χ1v) is 9.08. The van der Waals surface area contributed by atoms with E-state index in [1.54, 1.807) is 21.8 Å². The van der Waals surface area contributed by atoms with Gasteiger partial charge in [0.2, 0.25) is 0 Å². The lowest BCUT2D eigenvalue weighted by molar-refractivity contribution is -0.136. The molecule has 4 aliphatic rings. The van der Waals surface area contributed by atoms with Crippen LogP contribution in [0.3, 0.4) is 0 Å². The predicted octanol–water partition coefficient (Wildman–Crippen LogP) is 1.28. The lowest BCUT2D eigenvalue weighted by atomic mass is 9.52. The molecule has 1 amide bonds. The van der Waals surface area contributed by atoms with Crippen LogP contribution in [0.5, 0.6) is 0 Å². The first kappa shape index (κ1) is 15.1. The highest BCUT2D eigenvalue weighted by Gasteiger charge is 2.55. The van der Waals surface area contributed by atoms with E-state index in [9.17, 15) is 9.90 Å². The average molecular weight is 341 g/mol. The molecule has 3 unspecified atom stereocenters. The van der Waals surface area contributed by atoms with Crippen molar-refractivity contribution in [2.45, 2.75) is 43.7 Å². The van der Waals surface area contributed by atoms with Crippen LogP contribution in [0.4, 0.5) is 0 Å². The molecule has 2 N–H and O–H groups in total. The van der Waals surface area contributed by atoms with Crippen molar-refractivity contribution in [3.8, 4) is 5.82 Å². The maximum atomic E-state index is 13.0. The Morgan fingerprint density at radius 3 is 2.68 bits per heavy atom. The van der Waals surface area contributed by atoms with Crippen LogP contribution in [-0.4, -0.2) is 42.2 Å². The normalized spacial score (nSPS) is 35.9. The van der Waals surface area contributed by atoms with Crippen LogP contribution in [0.2, 0.25) is 0 Å². The molecule has 5 atom stereocenters. The van der Waals surface area contributed by atoms with E-state index in [2.05, 4.69) is 15.5 Å². The first-order chi connectivity index (χ1) is 12.0. The largest absolute Gasteiger partial charge is 0.390 e. The van der Waals surface area contributed by atoms with E-state index in [0.717, 1.165) is 32.1 Å². The van der Waals surface area contributed by atoms with Crippen LogP contribution in [0.1, 0.15) is 42.5 Å². The van der Waals surface area contributed by atoms with E-state index in [-0.39, 0.29) is 11.9 Å². The predicted molar refractivity (Wildman–Crippen MR) is 90.1 cm³/mol. The number of carbonyl (C=O) groups is 1. The van der Waals surface area contributed by atoms with Crippen molar-refractivity contribution in [3.05, 3.63) is 30.2 Å². The number of aliphatic hydroxyl groups is 1. The molecule has 4 aliphatic carbocycles. The molecule has 2 aromatic rings. The van der Waals surface area contributed by atoms with Gasteiger partial charge in [0.15, 0.2) is 5.82 Å². The van der Waals surface area contributed by atoms with E-state index in [4.69, 9.17) is 0 Å². The summed E-state index contributed by atoms with van der Waals surface area (Å²) in [4.78, 5) is 13.0. The molecule has 25 heavy (non-hydrogen) atoms. The molecular weight excluding hydrogens is 318 g/mol. The Morgan fingerprint density at radius 2 is 2.04 bits per heavy atom. The minimum atomic E-state index is -0.480. The molecule has 0 saturated heterocycles. The van der Waals surface area contributed by atoms with Gasteiger partial charge in [-0.3, -0.25) is 9.48 Å². The molecule has 7 heteroatoms. The minimum absolute atomic E-state index is 0.0944. The Kier molecular flexibility index (Phi) is 3.13. The number of nitrogens with one attached hydrogen (secondary N) is 1. The van der Waals surface area contributed by atoms with Crippen LogP contribution < -0.4 is 5.32 Å². The molecule has 7 nitrogen and oxygen atoms in total. The zero-order valence-corrected chi connectivity index (χ0v) is 14.3. The fourth-order valence-electron chi connectivity index (χ4n) is 5.70. The van der Waals surface area contributed by atoms with Gasteiger partial charge in [-0.25, -0.2) is 4.68 Å². The summed E-state index contributed by atoms with van der Waals surface area (Å²) in [7, 11) is 1.81. The summed E-state index contributed by atoms with van der Waals surface area (Å²) in [5.41, 5.74) is 0.0606. The fourth-order valence-corrected chi connectivity index (χ4v) is 5.70. The summed E-state index contributed by atoms with van der Waals surface area (Å²) in [6.45, 7) is 0. The number of rotatable bonds is 3. The number of hydrogen-bond acceptors (Lipinski definition) is 4. The zero-order chi connectivity index (χ0) is 17.2. The SMILES string of the molecule is Cn1ncc(C(=O)NC2[C@@H]3CC4C[C@H]2CC(O)(C4)C3)c1-n1cccn1. The van der Waals surface area contributed by atoms with Gasteiger partial charge in [-0.05, 0) is 55.9 Å². The molecule has 132 valence electrons. The Balaban J connectivity index is 1.40. The van der Waals surface area contributed by atoms with Crippen molar-refractivity contribution in [1.29, 1.82) is 0 Å². The van der Waals surface area contributed by atoms with Gasteiger partial charge in [0.05, 0.1) is 11.8 Å². The van der Waals surface area contributed by atoms with Crippen LogP contribution >= 0.6 is 0 Å². The number of hydrogen-bond donors (Lipinski definition) is 2. The lowest BCUT2D eigenvalue weighted by Crippen LogP contribution is -2.61. The molecule has 6 rings (SSSR count). The van der Waals surface area contributed by atoms with Gasteiger partial charge in [0, 0.05) is 25.5 Å². The fraction of sp³-hybridized carbons (Fsp3) is 0.611. The number of carbonyl (C=O) groups excluding carboxylic acids is 1. The molecule has 0 aliphatic heterocycles. The third kappa shape index (κ3) is 2.33. The van der Waals surface area contributed by atoms with Crippen molar-refractivity contribution >= 4 is 5.91 Å². The zero-order valence-electron chi connectivity index (χ0n) is 14.3. The summed E-state index contributed by atoms with van der Waals surface area (Å²) in [5.74, 6) is 2.00. The quantitative estimate of drug-likeness (QED) is 0.881. The van der Waals surface area contributed by atoms with Crippen molar-refractivity contribution in [1.82, 2.24) is 24.9 Å². The van der Waals surface area contributed by atoms with E-state index >= 15 is 0 Å². The molecule has 2 aromatic heterocycles. The average Bonchev–Trinajstić information content (AvgIpc) is 3.18. The third-order valence-electron chi connectivity index (χ3n) is 6.41. The molecule has 0 aromatic carbocycles. The Morgan fingerprint density at radius 1 is 1.28 bits per heavy atom. The van der Waals surface area contributed by atoms with E-state index in [0.29, 0.717) is 29.1 Å². The highest BCUT2D eigenvalue weighted by Crippen LogP contribution is 2.55. The van der Waals surface area contributed by atoms with Gasteiger partial charge in [-0.15, -0.1) is 0 Å². The van der Waals surface area contributed by atoms with Crippen LogP contribution in [0.15, 0.2) is 24.7 Å². The molecule has 4 fully saturated rings. The molecule has 2 heterocycles.